The van der Waals surface area contributed by atoms with E-state index < -0.39 is 24.1 Å². The van der Waals surface area contributed by atoms with Crippen LogP contribution in [0.15, 0.2) is 0 Å². The number of unbranched alkanes of at least 4 members (excludes halogenated alkanes) is 6. The SMILES string of the molecule is CCCCCCCCCC(O)CC(=O)OC(CC)CC(=O)O. The molecule has 0 saturated carbocycles. The Kier molecular flexibility index (Phi) is 12.9. The third-order valence-corrected chi connectivity index (χ3v) is 3.70. The van der Waals surface area contributed by atoms with Crippen molar-refractivity contribution in [3.8, 4) is 0 Å². The number of rotatable bonds is 14. The van der Waals surface area contributed by atoms with Gasteiger partial charge in [-0.05, 0) is 12.8 Å². The van der Waals surface area contributed by atoms with E-state index in [-0.39, 0.29) is 12.8 Å². The second kappa shape index (κ2) is 13.6. The van der Waals surface area contributed by atoms with E-state index in [0.717, 1.165) is 12.8 Å². The minimum Gasteiger partial charge on any atom is -0.481 e. The number of carbonyl (C=O) groups is 2. The summed E-state index contributed by atoms with van der Waals surface area (Å²) in [5.41, 5.74) is 0. The second-order valence-corrected chi connectivity index (χ2v) is 5.89. The number of hydrogen-bond acceptors (Lipinski definition) is 4. The topological polar surface area (TPSA) is 83.8 Å². The van der Waals surface area contributed by atoms with Crippen molar-refractivity contribution in [3.05, 3.63) is 0 Å². The van der Waals surface area contributed by atoms with Gasteiger partial charge in [-0.1, -0.05) is 58.8 Å². The van der Waals surface area contributed by atoms with Crippen LogP contribution in [-0.4, -0.2) is 34.4 Å². The molecule has 2 unspecified atom stereocenters. The molecule has 0 aromatic carbocycles. The number of aliphatic hydroxyl groups is 1. The molecule has 0 amide bonds. The molecule has 5 nitrogen and oxygen atoms in total. The lowest BCUT2D eigenvalue weighted by atomic mass is 10.0. The van der Waals surface area contributed by atoms with Crippen LogP contribution in [0.3, 0.4) is 0 Å². The average molecular weight is 316 g/mol. The standard InChI is InChI=1S/C17H32O5/c1-3-5-6-7-8-9-10-11-14(18)12-17(21)22-15(4-2)13-16(19)20/h14-15,18H,3-13H2,1-2H3,(H,19,20). The zero-order valence-corrected chi connectivity index (χ0v) is 14.1. The van der Waals surface area contributed by atoms with Crippen LogP contribution >= 0.6 is 0 Å². The van der Waals surface area contributed by atoms with E-state index in [9.17, 15) is 14.7 Å². The predicted octanol–water partition coefficient (Wildman–Crippen LogP) is 3.67. The lowest BCUT2D eigenvalue weighted by Gasteiger charge is -2.16. The van der Waals surface area contributed by atoms with Crippen LogP contribution in [-0.2, 0) is 14.3 Å². The summed E-state index contributed by atoms with van der Waals surface area (Å²) in [6.45, 7) is 3.96. The number of aliphatic hydroxyl groups excluding tert-OH is 1. The Balaban J connectivity index is 3.70. The highest BCUT2D eigenvalue weighted by atomic mass is 16.5. The maximum Gasteiger partial charge on any atom is 0.308 e. The van der Waals surface area contributed by atoms with Crippen molar-refractivity contribution in [3.63, 3.8) is 0 Å². The van der Waals surface area contributed by atoms with Crippen molar-refractivity contribution < 1.29 is 24.5 Å². The van der Waals surface area contributed by atoms with Crippen LogP contribution in [0.2, 0.25) is 0 Å². The number of carboxylic acids is 1. The van der Waals surface area contributed by atoms with Crippen LogP contribution in [0.25, 0.3) is 0 Å². The van der Waals surface area contributed by atoms with Crippen molar-refractivity contribution in [2.24, 2.45) is 0 Å². The van der Waals surface area contributed by atoms with Gasteiger partial charge in [0.05, 0.1) is 18.9 Å². The van der Waals surface area contributed by atoms with Crippen molar-refractivity contribution in [2.45, 2.75) is 96.7 Å². The molecule has 0 saturated heterocycles. The molecule has 0 aliphatic heterocycles. The third kappa shape index (κ3) is 12.6. The van der Waals surface area contributed by atoms with Gasteiger partial charge in [-0.25, -0.2) is 0 Å². The largest absolute Gasteiger partial charge is 0.481 e. The first-order valence-electron chi connectivity index (χ1n) is 8.58. The zero-order chi connectivity index (χ0) is 16.8. The van der Waals surface area contributed by atoms with Gasteiger partial charge in [0, 0.05) is 0 Å². The van der Waals surface area contributed by atoms with E-state index >= 15 is 0 Å². The molecule has 2 atom stereocenters. The van der Waals surface area contributed by atoms with Gasteiger partial charge < -0.3 is 14.9 Å². The summed E-state index contributed by atoms with van der Waals surface area (Å²) in [6, 6.07) is 0. The molecule has 2 N–H and O–H groups in total. The molecule has 130 valence electrons. The second-order valence-electron chi connectivity index (χ2n) is 5.89. The van der Waals surface area contributed by atoms with E-state index in [1.807, 2.05) is 0 Å². The Bertz CT molecular complexity index is 303. The Labute approximate surface area is 134 Å². The molecule has 0 fully saturated rings. The predicted molar refractivity (Wildman–Crippen MR) is 85.7 cm³/mol. The Morgan fingerprint density at radius 1 is 0.955 bits per heavy atom. The van der Waals surface area contributed by atoms with Crippen LogP contribution in [0, 0.1) is 0 Å². The summed E-state index contributed by atoms with van der Waals surface area (Å²) in [4.78, 5) is 22.2. The Morgan fingerprint density at radius 3 is 2.09 bits per heavy atom. The molecule has 0 aliphatic rings. The fourth-order valence-corrected chi connectivity index (χ4v) is 2.33. The van der Waals surface area contributed by atoms with Gasteiger partial charge >= 0.3 is 11.9 Å². The van der Waals surface area contributed by atoms with Crippen molar-refractivity contribution >= 4 is 11.9 Å². The summed E-state index contributed by atoms with van der Waals surface area (Å²) >= 11 is 0. The smallest absolute Gasteiger partial charge is 0.308 e. The molecule has 0 spiro atoms. The molecule has 0 heterocycles. The molecule has 0 aromatic heterocycles. The lowest BCUT2D eigenvalue weighted by molar-refractivity contribution is -0.154. The van der Waals surface area contributed by atoms with E-state index in [2.05, 4.69) is 6.92 Å². The lowest BCUT2D eigenvalue weighted by Crippen LogP contribution is -2.23. The fourth-order valence-electron chi connectivity index (χ4n) is 2.33. The maximum absolute atomic E-state index is 11.6. The first kappa shape index (κ1) is 20.9. The highest BCUT2D eigenvalue weighted by molar-refractivity contribution is 5.71. The highest BCUT2D eigenvalue weighted by Crippen LogP contribution is 2.12. The first-order chi connectivity index (χ1) is 10.5. The van der Waals surface area contributed by atoms with Crippen LogP contribution < -0.4 is 0 Å². The van der Waals surface area contributed by atoms with Crippen molar-refractivity contribution in [1.29, 1.82) is 0 Å². The minimum absolute atomic E-state index is 0.0496. The van der Waals surface area contributed by atoms with Crippen LogP contribution in [0.1, 0.15) is 84.5 Å². The van der Waals surface area contributed by atoms with Gasteiger partial charge in [0.15, 0.2) is 0 Å². The Morgan fingerprint density at radius 2 is 1.55 bits per heavy atom. The number of esters is 1. The number of hydrogen-bond donors (Lipinski definition) is 2. The normalized spacial score (nSPS) is 13.6. The van der Waals surface area contributed by atoms with E-state index in [0.29, 0.717) is 12.8 Å². The molecule has 22 heavy (non-hydrogen) atoms. The van der Waals surface area contributed by atoms with Crippen molar-refractivity contribution in [1.82, 2.24) is 0 Å². The maximum atomic E-state index is 11.6. The van der Waals surface area contributed by atoms with Gasteiger partial charge in [-0.2, -0.15) is 0 Å². The van der Waals surface area contributed by atoms with E-state index in [1.165, 1.54) is 32.1 Å². The molecule has 5 heteroatoms. The van der Waals surface area contributed by atoms with Gasteiger partial charge in [0.2, 0.25) is 0 Å². The van der Waals surface area contributed by atoms with Gasteiger partial charge in [0.25, 0.3) is 0 Å². The Hall–Kier alpha value is -1.10. The number of ether oxygens (including phenoxy) is 1. The summed E-state index contributed by atoms with van der Waals surface area (Å²) in [5.74, 6) is -1.49. The molecule has 0 bridgehead atoms. The first-order valence-corrected chi connectivity index (χ1v) is 8.58. The van der Waals surface area contributed by atoms with Crippen LogP contribution in [0.4, 0.5) is 0 Å². The summed E-state index contributed by atoms with van der Waals surface area (Å²) < 4.78 is 5.07. The molecular formula is C17H32O5. The molecular weight excluding hydrogens is 284 g/mol. The van der Waals surface area contributed by atoms with E-state index in [1.54, 1.807) is 6.92 Å². The average Bonchev–Trinajstić information content (AvgIpc) is 2.44. The molecule has 0 aliphatic carbocycles. The van der Waals surface area contributed by atoms with Gasteiger partial charge in [-0.15, -0.1) is 0 Å². The fraction of sp³-hybridized carbons (Fsp3) is 0.882. The third-order valence-electron chi connectivity index (χ3n) is 3.70. The number of carboxylic acid groups (broad SMARTS) is 1. The van der Waals surface area contributed by atoms with Gasteiger partial charge in [-0.3, -0.25) is 9.59 Å². The summed E-state index contributed by atoms with van der Waals surface area (Å²) in [6.07, 6.45) is 7.72. The minimum atomic E-state index is -0.983. The quantitative estimate of drug-likeness (QED) is 0.377. The zero-order valence-electron chi connectivity index (χ0n) is 14.1. The van der Waals surface area contributed by atoms with Crippen LogP contribution in [0.5, 0.6) is 0 Å². The number of carbonyl (C=O) groups excluding carboxylic acids is 1. The summed E-state index contributed by atoms with van der Waals surface area (Å²) in [7, 11) is 0. The van der Waals surface area contributed by atoms with Crippen molar-refractivity contribution in [2.75, 3.05) is 0 Å². The number of aliphatic carboxylic acids is 1. The van der Waals surface area contributed by atoms with E-state index in [4.69, 9.17) is 9.84 Å². The highest BCUT2D eigenvalue weighted by Gasteiger charge is 2.18. The molecule has 0 radical (unpaired) electrons. The monoisotopic (exact) mass is 316 g/mol. The molecule has 0 aromatic rings. The van der Waals surface area contributed by atoms with Gasteiger partial charge in [0.1, 0.15) is 6.10 Å². The molecule has 0 rings (SSSR count). The summed E-state index contributed by atoms with van der Waals surface area (Å²) in [5, 5.41) is 18.5.